The van der Waals surface area contributed by atoms with Gasteiger partial charge in [0, 0.05) is 6.54 Å². The van der Waals surface area contributed by atoms with E-state index in [-0.39, 0.29) is 33.9 Å². The summed E-state index contributed by atoms with van der Waals surface area (Å²) in [4.78, 5) is 14.8. The molecule has 1 amide bonds. The molecule has 2 aliphatic rings. The fraction of sp³-hybridized carbons (Fsp3) is 0.500. The van der Waals surface area contributed by atoms with Gasteiger partial charge in [0.15, 0.2) is 5.84 Å². The van der Waals surface area contributed by atoms with E-state index in [1.54, 1.807) is 23.1 Å². The second-order valence-electron chi connectivity index (χ2n) is 7.65. The number of rotatable bonds is 7. The Kier molecular flexibility index (Phi) is 5.79. The Bertz CT molecular complexity index is 935. The molecule has 0 aliphatic carbocycles. The van der Waals surface area contributed by atoms with Crippen LogP contribution >= 0.6 is 0 Å². The van der Waals surface area contributed by atoms with Gasteiger partial charge in [-0.15, -0.1) is 4.40 Å². The summed E-state index contributed by atoms with van der Waals surface area (Å²) >= 11 is 0. The third-order valence-corrected chi connectivity index (χ3v) is 6.32. The SMILES string of the molecule is CCCCCN1C(=O)C(C2=NS(=O)(=O)c3ccccc3N2)=C(O)[C@@H]1CC(C)C. The lowest BCUT2D eigenvalue weighted by Gasteiger charge is -2.26. The van der Waals surface area contributed by atoms with Gasteiger partial charge >= 0.3 is 0 Å². The molecule has 2 N–H and O–H groups in total. The first kappa shape index (κ1) is 20.4. The van der Waals surface area contributed by atoms with Gasteiger partial charge in [-0.25, -0.2) is 0 Å². The van der Waals surface area contributed by atoms with Crippen molar-refractivity contribution in [1.29, 1.82) is 0 Å². The first-order chi connectivity index (χ1) is 13.3. The molecule has 0 saturated carbocycles. The lowest BCUT2D eigenvalue weighted by Crippen LogP contribution is -2.38. The Morgan fingerprint density at radius 1 is 1.25 bits per heavy atom. The average Bonchev–Trinajstić information content (AvgIpc) is 2.85. The number of nitrogens with zero attached hydrogens (tertiary/aromatic N) is 2. The minimum Gasteiger partial charge on any atom is -0.509 e. The minimum absolute atomic E-state index is 0.0415. The van der Waals surface area contributed by atoms with Crippen molar-refractivity contribution < 1.29 is 18.3 Å². The molecule has 152 valence electrons. The quantitative estimate of drug-likeness (QED) is 0.677. The van der Waals surface area contributed by atoms with E-state index in [4.69, 9.17) is 0 Å². The van der Waals surface area contributed by atoms with Gasteiger partial charge in [-0.1, -0.05) is 45.7 Å². The van der Waals surface area contributed by atoms with E-state index in [1.165, 1.54) is 6.07 Å². The topological polar surface area (TPSA) is 99.1 Å². The molecule has 0 fully saturated rings. The van der Waals surface area contributed by atoms with Gasteiger partial charge in [0.05, 0.1) is 11.7 Å². The van der Waals surface area contributed by atoms with Crippen molar-refractivity contribution in [1.82, 2.24) is 4.90 Å². The van der Waals surface area contributed by atoms with Crippen molar-refractivity contribution in [2.75, 3.05) is 11.9 Å². The molecular formula is C20H27N3O4S. The van der Waals surface area contributed by atoms with Gasteiger partial charge in [-0.2, -0.15) is 8.42 Å². The van der Waals surface area contributed by atoms with Gasteiger partial charge < -0.3 is 15.3 Å². The molecule has 7 nitrogen and oxygen atoms in total. The monoisotopic (exact) mass is 405 g/mol. The largest absolute Gasteiger partial charge is 0.509 e. The Balaban J connectivity index is 1.99. The van der Waals surface area contributed by atoms with Crippen LogP contribution in [-0.2, 0) is 14.8 Å². The third-order valence-electron chi connectivity index (χ3n) is 4.99. The summed E-state index contributed by atoms with van der Waals surface area (Å²) in [5.74, 6) is -0.317. The summed E-state index contributed by atoms with van der Waals surface area (Å²) in [6.45, 7) is 6.66. The van der Waals surface area contributed by atoms with Crippen molar-refractivity contribution in [2.45, 2.75) is 57.4 Å². The number of carbonyl (C=O) groups is 1. The summed E-state index contributed by atoms with van der Waals surface area (Å²) < 4.78 is 28.9. The van der Waals surface area contributed by atoms with E-state index in [9.17, 15) is 18.3 Å². The number of benzene rings is 1. The molecule has 0 bridgehead atoms. The zero-order valence-corrected chi connectivity index (χ0v) is 17.3. The standard InChI is InChI=1S/C20H27N3O4S/c1-4-5-8-11-23-15(12-13(2)3)18(24)17(20(23)25)19-21-14-9-6-7-10-16(14)28(26,27)22-19/h6-7,9-10,13,15,24H,4-5,8,11-12H2,1-3H3,(H,21,22)/t15-/m0/s1. The number of para-hydroxylation sites is 1. The highest BCUT2D eigenvalue weighted by atomic mass is 32.2. The lowest BCUT2D eigenvalue weighted by atomic mass is 10.0. The minimum atomic E-state index is -3.94. The highest BCUT2D eigenvalue weighted by molar-refractivity contribution is 7.90. The van der Waals surface area contributed by atoms with Crippen LogP contribution in [-0.4, -0.2) is 42.8 Å². The Labute approximate surface area is 166 Å². The van der Waals surface area contributed by atoms with Gasteiger partial charge in [-0.05, 0) is 30.9 Å². The molecule has 1 aromatic carbocycles. The molecule has 0 aromatic heterocycles. The van der Waals surface area contributed by atoms with Crippen LogP contribution in [0.3, 0.4) is 0 Å². The van der Waals surface area contributed by atoms with Gasteiger partial charge in [-0.3, -0.25) is 4.79 Å². The Hall–Kier alpha value is -2.35. The highest BCUT2D eigenvalue weighted by Crippen LogP contribution is 2.34. The summed E-state index contributed by atoms with van der Waals surface area (Å²) in [7, 11) is -3.94. The summed E-state index contributed by atoms with van der Waals surface area (Å²) in [6.07, 6.45) is 3.43. The van der Waals surface area contributed by atoms with Gasteiger partial charge in [0.1, 0.15) is 16.2 Å². The molecule has 1 atom stereocenters. The fourth-order valence-corrected chi connectivity index (χ4v) is 4.75. The van der Waals surface area contributed by atoms with Crippen molar-refractivity contribution >= 4 is 27.5 Å². The number of amidine groups is 1. The Morgan fingerprint density at radius 3 is 2.64 bits per heavy atom. The normalized spacial score (nSPS) is 21.0. The maximum atomic E-state index is 13.1. The van der Waals surface area contributed by atoms with E-state index in [2.05, 4.69) is 16.6 Å². The van der Waals surface area contributed by atoms with Gasteiger partial charge in [0.25, 0.3) is 15.9 Å². The maximum Gasteiger partial charge on any atom is 0.286 e. The summed E-state index contributed by atoms with van der Waals surface area (Å²) in [5.41, 5.74) is 0.311. The number of aliphatic hydroxyl groups is 1. The van der Waals surface area contributed by atoms with E-state index in [1.807, 2.05) is 13.8 Å². The highest BCUT2D eigenvalue weighted by Gasteiger charge is 2.43. The van der Waals surface area contributed by atoms with Crippen LogP contribution in [0.4, 0.5) is 5.69 Å². The lowest BCUT2D eigenvalue weighted by molar-refractivity contribution is -0.127. The summed E-state index contributed by atoms with van der Waals surface area (Å²) in [6, 6.07) is 5.94. The molecule has 0 unspecified atom stereocenters. The molecule has 0 saturated heterocycles. The second-order valence-corrected chi connectivity index (χ2v) is 9.22. The molecule has 0 radical (unpaired) electrons. The number of anilines is 1. The number of hydrogen-bond donors (Lipinski definition) is 2. The zero-order chi connectivity index (χ0) is 20.5. The van der Waals surface area contributed by atoms with Crippen LogP contribution in [0.1, 0.15) is 46.5 Å². The van der Waals surface area contributed by atoms with E-state index < -0.39 is 16.1 Å². The molecule has 2 aliphatic heterocycles. The number of nitrogens with one attached hydrogen (secondary N) is 1. The molecule has 28 heavy (non-hydrogen) atoms. The average molecular weight is 406 g/mol. The second kappa shape index (κ2) is 7.95. The number of unbranched alkanes of at least 4 members (excludes halogenated alkanes) is 2. The summed E-state index contributed by atoms with van der Waals surface area (Å²) in [5, 5.41) is 13.8. The van der Waals surface area contributed by atoms with Crippen LogP contribution in [0, 0.1) is 5.92 Å². The predicted octanol–water partition coefficient (Wildman–Crippen LogP) is 3.46. The zero-order valence-electron chi connectivity index (χ0n) is 16.5. The smallest absolute Gasteiger partial charge is 0.286 e. The van der Waals surface area contributed by atoms with Crippen LogP contribution < -0.4 is 5.32 Å². The number of aliphatic hydroxyl groups excluding tert-OH is 1. The van der Waals surface area contributed by atoms with E-state index in [0.29, 0.717) is 18.7 Å². The number of sulfonamides is 1. The van der Waals surface area contributed by atoms with Crippen LogP contribution in [0.15, 0.2) is 44.9 Å². The van der Waals surface area contributed by atoms with Crippen molar-refractivity contribution in [3.63, 3.8) is 0 Å². The maximum absolute atomic E-state index is 13.1. The first-order valence-electron chi connectivity index (χ1n) is 9.71. The van der Waals surface area contributed by atoms with Crippen molar-refractivity contribution in [2.24, 2.45) is 10.3 Å². The fourth-order valence-electron chi connectivity index (χ4n) is 3.63. The molecule has 3 rings (SSSR count). The van der Waals surface area contributed by atoms with Crippen molar-refractivity contribution in [3.05, 3.63) is 35.6 Å². The molecular weight excluding hydrogens is 378 g/mol. The number of amides is 1. The van der Waals surface area contributed by atoms with Crippen LogP contribution in [0.2, 0.25) is 0 Å². The third kappa shape index (κ3) is 3.78. The van der Waals surface area contributed by atoms with Gasteiger partial charge in [0.2, 0.25) is 0 Å². The number of fused-ring (bicyclic) bond motifs is 1. The Morgan fingerprint density at radius 2 is 1.96 bits per heavy atom. The number of carbonyl (C=O) groups excluding carboxylic acids is 1. The predicted molar refractivity (Wildman–Crippen MR) is 109 cm³/mol. The molecule has 8 heteroatoms. The molecule has 2 heterocycles. The first-order valence-corrected chi connectivity index (χ1v) is 11.2. The van der Waals surface area contributed by atoms with Crippen LogP contribution in [0.5, 0.6) is 0 Å². The van der Waals surface area contributed by atoms with Crippen molar-refractivity contribution in [3.8, 4) is 0 Å². The molecule has 1 aromatic rings. The molecule has 0 spiro atoms. The van der Waals surface area contributed by atoms with E-state index >= 15 is 0 Å². The van der Waals surface area contributed by atoms with Crippen LogP contribution in [0.25, 0.3) is 0 Å². The number of hydrogen-bond acceptors (Lipinski definition) is 5. The van der Waals surface area contributed by atoms with E-state index in [0.717, 1.165) is 19.3 Å².